The summed E-state index contributed by atoms with van der Waals surface area (Å²) in [6.07, 6.45) is 1.80. The number of rotatable bonds is 3. The smallest absolute Gasteiger partial charge is 0.227 e. The van der Waals surface area contributed by atoms with Crippen LogP contribution in [0.2, 0.25) is 0 Å². The molecule has 2 aromatic rings. The number of nitrogens with one attached hydrogen (secondary N) is 2. The summed E-state index contributed by atoms with van der Waals surface area (Å²) in [5.41, 5.74) is 2.86. The molecule has 2 heterocycles. The van der Waals surface area contributed by atoms with Crippen LogP contribution in [0.1, 0.15) is 24.8 Å². The normalized spacial score (nSPS) is 20.6. The van der Waals surface area contributed by atoms with E-state index in [4.69, 9.17) is 0 Å². The van der Waals surface area contributed by atoms with E-state index >= 15 is 0 Å². The minimum absolute atomic E-state index is 0. The average Bonchev–Trinajstić information content (AvgIpc) is 2.94. The van der Waals surface area contributed by atoms with Gasteiger partial charge in [-0.15, -0.1) is 23.7 Å². The number of thiazole rings is 1. The Hall–Kier alpha value is -1.43. The van der Waals surface area contributed by atoms with Crippen molar-refractivity contribution in [2.24, 2.45) is 5.92 Å². The van der Waals surface area contributed by atoms with Crippen LogP contribution in [0.3, 0.4) is 0 Å². The minimum atomic E-state index is 0. The summed E-state index contributed by atoms with van der Waals surface area (Å²) in [5.74, 6) is 0.224. The molecule has 2 atom stereocenters. The van der Waals surface area contributed by atoms with Crippen LogP contribution in [0.15, 0.2) is 29.6 Å². The van der Waals surface area contributed by atoms with Crippen LogP contribution < -0.4 is 10.6 Å². The predicted molar refractivity (Wildman–Crippen MR) is 98.4 cm³/mol. The molecular weight excluding hydrogens is 330 g/mol. The molecule has 124 valence electrons. The lowest BCUT2D eigenvalue weighted by Crippen LogP contribution is -2.40. The summed E-state index contributed by atoms with van der Waals surface area (Å²) in [7, 11) is 0. The molecule has 4 nitrogen and oxygen atoms in total. The van der Waals surface area contributed by atoms with Crippen molar-refractivity contribution in [3.63, 3.8) is 0 Å². The van der Waals surface area contributed by atoms with Crippen molar-refractivity contribution in [1.29, 1.82) is 0 Å². The van der Waals surface area contributed by atoms with Gasteiger partial charge in [0.05, 0.1) is 10.7 Å². The van der Waals surface area contributed by atoms with Gasteiger partial charge in [-0.3, -0.25) is 4.79 Å². The number of hydrogen-bond acceptors (Lipinski definition) is 4. The number of amides is 1. The van der Waals surface area contributed by atoms with E-state index in [-0.39, 0.29) is 24.2 Å². The highest BCUT2D eigenvalue weighted by atomic mass is 35.5. The first-order valence-electron chi connectivity index (χ1n) is 7.68. The average molecular weight is 352 g/mol. The number of aryl methyl sites for hydroxylation is 1. The second-order valence-corrected chi connectivity index (χ2v) is 6.96. The van der Waals surface area contributed by atoms with Crippen molar-refractivity contribution >= 4 is 35.3 Å². The molecule has 23 heavy (non-hydrogen) atoms. The monoisotopic (exact) mass is 351 g/mol. The summed E-state index contributed by atoms with van der Waals surface area (Å²) < 4.78 is 0. The standard InChI is InChI=1S/C17H21N3OS.ClH/c1-11-8-14(6-7-18-11)17(21)20-15-5-3-4-13(9-15)16-10-22-12(2)19-16;/h3-5,9-11,14,18H,6-8H2,1-2H3,(H,20,21);1H/t11-,14-;/m0./s1. The maximum Gasteiger partial charge on any atom is 0.227 e. The van der Waals surface area contributed by atoms with Gasteiger partial charge in [0.2, 0.25) is 5.91 Å². The predicted octanol–water partition coefficient (Wildman–Crippen LogP) is 3.87. The van der Waals surface area contributed by atoms with Crippen LogP contribution in [0, 0.1) is 12.8 Å². The Morgan fingerprint density at radius 1 is 1.43 bits per heavy atom. The number of carbonyl (C=O) groups excluding carboxylic acids is 1. The fraction of sp³-hybridized carbons (Fsp3) is 0.412. The summed E-state index contributed by atoms with van der Waals surface area (Å²) in [5, 5.41) is 9.53. The number of nitrogens with zero attached hydrogens (tertiary/aromatic N) is 1. The lowest BCUT2D eigenvalue weighted by molar-refractivity contribution is -0.120. The van der Waals surface area contributed by atoms with E-state index in [2.05, 4.69) is 22.5 Å². The zero-order chi connectivity index (χ0) is 15.5. The fourth-order valence-electron chi connectivity index (χ4n) is 2.87. The quantitative estimate of drug-likeness (QED) is 0.882. The molecule has 0 unspecified atom stereocenters. The molecule has 3 rings (SSSR count). The largest absolute Gasteiger partial charge is 0.326 e. The van der Waals surface area contributed by atoms with Crippen molar-refractivity contribution < 1.29 is 4.79 Å². The highest BCUT2D eigenvalue weighted by molar-refractivity contribution is 7.09. The van der Waals surface area contributed by atoms with E-state index in [1.54, 1.807) is 11.3 Å². The Morgan fingerprint density at radius 2 is 2.26 bits per heavy atom. The number of halogens is 1. The summed E-state index contributed by atoms with van der Waals surface area (Å²) in [6, 6.07) is 8.33. The van der Waals surface area contributed by atoms with Gasteiger partial charge >= 0.3 is 0 Å². The van der Waals surface area contributed by atoms with E-state index in [0.717, 1.165) is 41.3 Å². The summed E-state index contributed by atoms with van der Waals surface area (Å²) in [6.45, 7) is 5.04. The van der Waals surface area contributed by atoms with Gasteiger partial charge in [-0.1, -0.05) is 12.1 Å². The third-order valence-electron chi connectivity index (χ3n) is 4.04. The molecule has 1 aromatic heterocycles. The minimum Gasteiger partial charge on any atom is -0.326 e. The van der Waals surface area contributed by atoms with Crippen LogP contribution in [0.4, 0.5) is 5.69 Å². The Morgan fingerprint density at radius 3 is 2.96 bits per heavy atom. The van der Waals surface area contributed by atoms with Gasteiger partial charge in [0.1, 0.15) is 0 Å². The second kappa shape index (κ2) is 7.90. The van der Waals surface area contributed by atoms with Crippen molar-refractivity contribution in [3.8, 4) is 11.3 Å². The lowest BCUT2D eigenvalue weighted by atomic mass is 9.92. The van der Waals surface area contributed by atoms with Crippen LogP contribution in [0.5, 0.6) is 0 Å². The number of aromatic nitrogens is 1. The van der Waals surface area contributed by atoms with E-state index in [1.807, 2.05) is 36.6 Å². The molecule has 0 radical (unpaired) electrons. The first-order valence-corrected chi connectivity index (χ1v) is 8.56. The molecule has 1 aromatic carbocycles. The highest BCUT2D eigenvalue weighted by Gasteiger charge is 2.24. The summed E-state index contributed by atoms with van der Waals surface area (Å²) >= 11 is 1.64. The van der Waals surface area contributed by atoms with Crippen molar-refractivity contribution in [1.82, 2.24) is 10.3 Å². The van der Waals surface area contributed by atoms with E-state index in [0.29, 0.717) is 6.04 Å². The molecule has 1 aliphatic rings. The molecule has 2 N–H and O–H groups in total. The van der Waals surface area contributed by atoms with Crippen LogP contribution >= 0.6 is 23.7 Å². The molecule has 1 aliphatic heterocycles. The van der Waals surface area contributed by atoms with Gasteiger partial charge in [-0.2, -0.15) is 0 Å². The molecule has 0 bridgehead atoms. The molecule has 0 saturated carbocycles. The number of carbonyl (C=O) groups is 1. The Labute approximate surface area is 147 Å². The number of benzene rings is 1. The maximum atomic E-state index is 12.4. The molecule has 1 saturated heterocycles. The van der Waals surface area contributed by atoms with Gasteiger partial charge in [-0.05, 0) is 45.4 Å². The molecular formula is C17H22ClN3OS. The van der Waals surface area contributed by atoms with Gasteiger partial charge in [-0.25, -0.2) is 4.98 Å². The van der Waals surface area contributed by atoms with Gasteiger partial charge < -0.3 is 10.6 Å². The first-order chi connectivity index (χ1) is 10.6. The SMILES string of the molecule is Cc1nc(-c2cccc(NC(=O)[C@H]3CCN[C@@H](C)C3)c2)cs1.Cl. The summed E-state index contributed by atoms with van der Waals surface area (Å²) in [4.78, 5) is 16.9. The second-order valence-electron chi connectivity index (χ2n) is 5.90. The Bertz CT molecular complexity index is 673. The zero-order valence-electron chi connectivity index (χ0n) is 13.3. The van der Waals surface area contributed by atoms with Crippen LogP contribution in [0.25, 0.3) is 11.3 Å². The molecule has 6 heteroatoms. The molecule has 0 spiro atoms. The van der Waals surface area contributed by atoms with Crippen LogP contribution in [-0.2, 0) is 4.79 Å². The zero-order valence-corrected chi connectivity index (χ0v) is 15.0. The molecule has 1 amide bonds. The number of anilines is 1. The third-order valence-corrected chi connectivity index (χ3v) is 4.81. The van der Waals surface area contributed by atoms with Gasteiger partial charge in [0.25, 0.3) is 0 Å². The van der Waals surface area contributed by atoms with Gasteiger partial charge in [0, 0.05) is 28.6 Å². The van der Waals surface area contributed by atoms with Crippen molar-refractivity contribution in [3.05, 3.63) is 34.7 Å². The Kier molecular flexibility index (Phi) is 6.16. The maximum absolute atomic E-state index is 12.4. The highest BCUT2D eigenvalue weighted by Crippen LogP contribution is 2.25. The number of piperidine rings is 1. The fourth-order valence-corrected chi connectivity index (χ4v) is 3.49. The lowest BCUT2D eigenvalue weighted by Gasteiger charge is -2.27. The van der Waals surface area contributed by atoms with Crippen molar-refractivity contribution in [2.75, 3.05) is 11.9 Å². The van der Waals surface area contributed by atoms with E-state index < -0.39 is 0 Å². The molecule has 1 fully saturated rings. The Balaban J connectivity index is 0.00000192. The number of hydrogen-bond donors (Lipinski definition) is 2. The molecule has 0 aliphatic carbocycles. The van der Waals surface area contributed by atoms with Gasteiger partial charge in [0.15, 0.2) is 0 Å². The van der Waals surface area contributed by atoms with Crippen LogP contribution in [-0.4, -0.2) is 23.5 Å². The third kappa shape index (κ3) is 4.53. The topological polar surface area (TPSA) is 54.0 Å². The first kappa shape index (κ1) is 17.9. The van der Waals surface area contributed by atoms with Crippen molar-refractivity contribution in [2.45, 2.75) is 32.7 Å². The van der Waals surface area contributed by atoms with E-state index in [9.17, 15) is 4.79 Å². The van der Waals surface area contributed by atoms with E-state index in [1.165, 1.54) is 0 Å².